The quantitative estimate of drug-likeness (QED) is 0.439. The van der Waals surface area contributed by atoms with Crippen molar-refractivity contribution in [3.05, 3.63) is 0 Å². The highest BCUT2D eigenvalue weighted by molar-refractivity contribution is 6.11. The molecule has 2 heteroatoms. The molecule has 0 saturated carbocycles. The van der Waals surface area contributed by atoms with Crippen LogP contribution in [0.3, 0.4) is 0 Å². The summed E-state index contributed by atoms with van der Waals surface area (Å²) in [5.74, 6) is 0.914. The molecule has 0 aromatic heterocycles. The van der Waals surface area contributed by atoms with E-state index in [0.717, 1.165) is 5.82 Å². The summed E-state index contributed by atoms with van der Waals surface area (Å²) in [5, 5.41) is 3.40. The van der Waals surface area contributed by atoms with E-state index in [1.165, 1.54) is 32.4 Å². The van der Waals surface area contributed by atoms with Crippen molar-refractivity contribution in [1.82, 2.24) is 5.32 Å². The Morgan fingerprint density at radius 2 is 2.25 bits per heavy atom. The van der Waals surface area contributed by atoms with Crippen LogP contribution >= 0.6 is 0 Å². The van der Waals surface area contributed by atoms with Gasteiger partial charge in [-0.2, -0.15) is 0 Å². The molecule has 1 fully saturated rings. The molecule has 1 saturated heterocycles. The minimum absolute atomic E-state index is 0.914. The van der Waals surface area contributed by atoms with Crippen molar-refractivity contribution >= 4 is 7.85 Å². The summed E-state index contributed by atoms with van der Waals surface area (Å²) in [6, 6.07) is 0. The van der Waals surface area contributed by atoms with Crippen molar-refractivity contribution in [2.45, 2.75) is 25.1 Å². The van der Waals surface area contributed by atoms with E-state index in [0.29, 0.717) is 0 Å². The Kier molecular flexibility index (Phi) is 2.41. The van der Waals surface area contributed by atoms with E-state index in [1.54, 1.807) is 0 Å². The summed E-state index contributed by atoms with van der Waals surface area (Å²) in [5.41, 5.74) is 0. The molecule has 46 valence electrons. The van der Waals surface area contributed by atoms with Gasteiger partial charge >= 0.3 is 0 Å². The van der Waals surface area contributed by atoms with Gasteiger partial charge in [0.15, 0.2) is 0 Å². The highest BCUT2D eigenvalue weighted by Crippen LogP contribution is 2.11. The zero-order valence-electron chi connectivity index (χ0n) is 5.61. The highest BCUT2D eigenvalue weighted by atomic mass is 14.9. The topological polar surface area (TPSA) is 12.0 Å². The Hall–Kier alpha value is 0.0249. The molecule has 1 aliphatic heterocycles. The average molecular weight is 111 g/mol. The first kappa shape index (κ1) is 6.15. The monoisotopic (exact) mass is 111 g/mol. The van der Waals surface area contributed by atoms with Crippen LogP contribution in [-0.4, -0.2) is 20.9 Å². The minimum atomic E-state index is 0.914. The maximum Gasteiger partial charge on any atom is 0.107 e. The standard InChI is InChI=1S/C6H14BN/c7-6-3-1-2-4-8-5-6/h6,8H,1-5,7H2/t6-/m1/s1. The van der Waals surface area contributed by atoms with Crippen LogP contribution in [0.5, 0.6) is 0 Å². The first-order chi connectivity index (χ1) is 3.89. The van der Waals surface area contributed by atoms with Crippen molar-refractivity contribution in [2.75, 3.05) is 13.1 Å². The molecule has 0 amide bonds. The maximum atomic E-state index is 3.40. The first-order valence-corrected chi connectivity index (χ1v) is 3.60. The summed E-state index contributed by atoms with van der Waals surface area (Å²) in [4.78, 5) is 0. The van der Waals surface area contributed by atoms with Gasteiger partial charge in [0, 0.05) is 0 Å². The van der Waals surface area contributed by atoms with Gasteiger partial charge in [0.2, 0.25) is 0 Å². The van der Waals surface area contributed by atoms with Crippen molar-refractivity contribution in [1.29, 1.82) is 0 Å². The van der Waals surface area contributed by atoms with Crippen molar-refractivity contribution < 1.29 is 0 Å². The Balaban J connectivity index is 2.17. The molecule has 1 N–H and O–H groups in total. The Labute approximate surface area is 52.3 Å². The van der Waals surface area contributed by atoms with Gasteiger partial charge in [-0.1, -0.05) is 18.7 Å². The van der Waals surface area contributed by atoms with Gasteiger partial charge in [-0.15, -0.1) is 0 Å². The van der Waals surface area contributed by atoms with Gasteiger partial charge in [-0.25, -0.2) is 0 Å². The molecule has 1 aliphatic rings. The molecule has 0 radical (unpaired) electrons. The van der Waals surface area contributed by atoms with Crippen LogP contribution in [0.15, 0.2) is 0 Å². The smallest absolute Gasteiger partial charge is 0.107 e. The summed E-state index contributed by atoms with van der Waals surface area (Å²) in [6.45, 7) is 2.48. The summed E-state index contributed by atoms with van der Waals surface area (Å²) in [6.07, 6.45) is 4.23. The molecular weight excluding hydrogens is 96.9 g/mol. The zero-order valence-corrected chi connectivity index (χ0v) is 5.61. The van der Waals surface area contributed by atoms with Crippen LogP contribution in [0.1, 0.15) is 19.3 Å². The van der Waals surface area contributed by atoms with Crippen LogP contribution in [0.25, 0.3) is 0 Å². The molecule has 0 unspecified atom stereocenters. The SMILES string of the molecule is B[C@@H]1CCCCNC1. The van der Waals surface area contributed by atoms with Gasteiger partial charge in [0.25, 0.3) is 0 Å². The molecule has 0 aromatic carbocycles. The lowest BCUT2D eigenvalue weighted by molar-refractivity contribution is 0.702. The summed E-state index contributed by atoms with van der Waals surface area (Å²) >= 11 is 0. The summed E-state index contributed by atoms with van der Waals surface area (Å²) in [7, 11) is 2.32. The lowest BCUT2D eigenvalue weighted by atomic mass is 9.84. The van der Waals surface area contributed by atoms with Gasteiger partial charge in [-0.05, 0) is 19.5 Å². The van der Waals surface area contributed by atoms with Crippen LogP contribution < -0.4 is 5.32 Å². The van der Waals surface area contributed by atoms with E-state index in [9.17, 15) is 0 Å². The maximum absolute atomic E-state index is 3.40. The van der Waals surface area contributed by atoms with Gasteiger partial charge in [0.1, 0.15) is 7.85 Å². The Bertz CT molecular complexity index is 57.5. The molecule has 1 heterocycles. The van der Waals surface area contributed by atoms with E-state index in [4.69, 9.17) is 0 Å². The second-order valence-corrected chi connectivity index (χ2v) is 2.81. The predicted molar refractivity (Wildman–Crippen MR) is 39.0 cm³/mol. The normalized spacial score (nSPS) is 31.8. The van der Waals surface area contributed by atoms with Crippen LogP contribution in [0, 0.1) is 0 Å². The first-order valence-electron chi connectivity index (χ1n) is 3.60. The number of nitrogens with one attached hydrogen (secondary N) is 1. The number of hydrogen-bond acceptors (Lipinski definition) is 1. The van der Waals surface area contributed by atoms with Gasteiger partial charge < -0.3 is 5.32 Å². The molecule has 0 spiro atoms. The Morgan fingerprint density at radius 1 is 1.38 bits per heavy atom. The third kappa shape index (κ3) is 1.87. The third-order valence-electron chi connectivity index (χ3n) is 1.79. The summed E-state index contributed by atoms with van der Waals surface area (Å²) < 4.78 is 0. The zero-order chi connectivity index (χ0) is 5.82. The molecule has 0 bridgehead atoms. The second-order valence-electron chi connectivity index (χ2n) is 2.81. The van der Waals surface area contributed by atoms with E-state index in [1.807, 2.05) is 0 Å². The lowest BCUT2D eigenvalue weighted by Crippen LogP contribution is -2.17. The molecular formula is C6H14BN. The van der Waals surface area contributed by atoms with Crippen molar-refractivity contribution in [3.63, 3.8) is 0 Å². The van der Waals surface area contributed by atoms with E-state index in [-0.39, 0.29) is 0 Å². The number of rotatable bonds is 0. The molecule has 8 heavy (non-hydrogen) atoms. The van der Waals surface area contributed by atoms with Crippen LogP contribution in [0.2, 0.25) is 5.82 Å². The molecule has 1 rings (SSSR count). The van der Waals surface area contributed by atoms with E-state index in [2.05, 4.69) is 13.2 Å². The molecule has 1 nitrogen and oxygen atoms in total. The second kappa shape index (κ2) is 3.13. The van der Waals surface area contributed by atoms with Crippen LogP contribution in [-0.2, 0) is 0 Å². The fourth-order valence-electron chi connectivity index (χ4n) is 1.19. The molecule has 0 aromatic rings. The van der Waals surface area contributed by atoms with E-state index >= 15 is 0 Å². The molecule has 1 atom stereocenters. The average Bonchev–Trinajstić information content (AvgIpc) is 1.94. The fourth-order valence-corrected chi connectivity index (χ4v) is 1.19. The van der Waals surface area contributed by atoms with Gasteiger partial charge in [0.05, 0.1) is 0 Å². The minimum Gasteiger partial charge on any atom is -0.317 e. The lowest BCUT2D eigenvalue weighted by Gasteiger charge is -2.03. The third-order valence-corrected chi connectivity index (χ3v) is 1.79. The highest BCUT2D eigenvalue weighted by Gasteiger charge is 2.04. The fraction of sp³-hybridized carbons (Fsp3) is 1.00. The number of hydrogen-bond donors (Lipinski definition) is 1. The largest absolute Gasteiger partial charge is 0.317 e. The van der Waals surface area contributed by atoms with E-state index < -0.39 is 0 Å². The Morgan fingerprint density at radius 3 is 3.12 bits per heavy atom. The molecule has 0 aliphatic carbocycles. The van der Waals surface area contributed by atoms with Crippen molar-refractivity contribution in [3.8, 4) is 0 Å². The predicted octanol–water partition coefficient (Wildman–Crippen LogP) is 0.181. The van der Waals surface area contributed by atoms with Crippen molar-refractivity contribution in [2.24, 2.45) is 0 Å². The van der Waals surface area contributed by atoms with Crippen LogP contribution in [0.4, 0.5) is 0 Å². The van der Waals surface area contributed by atoms with Gasteiger partial charge in [-0.3, -0.25) is 0 Å².